The second-order valence-electron chi connectivity index (χ2n) is 5.37. The third-order valence-electron chi connectivity index (χ3n) is 4.12. The fourth-order valence-electron chi connectivity index (χ4n) is 2.52. The van der Waals surface area contributed by atoms with Crippen LogP contribution in [0.15, 0.2) is 29.2 Å². The quantitative estimate of drug-likeness (QED) is 0.923. The molecule has 0 saturated carbocycles. The lowest BCUT2D eigenvalue weighted by Crippen LogP contribution is -2.35. The van der Waals surface area contributed by atoms with Gasteiger partial charge in [0.15, 0.2) is 9.84 Å². The van der Waals surface area contributed by atoms with Crippen LogP contribution < -0.4 is 5.32 Å². The van der Waals surface area contributed by atoms with Crippen LogP contribution in [-0.4, -0.2) is 26.8 Å². The van der Waals surface area contributed by atoms with E-state index in [1.807, 2.05) is 12.1 Å². The van der Waals surface area contributed by atoms with Gasteiger partial charge in [0.1, 0.15) is 0 Å². The van der Waals surface area contributed by atoms with Crippen LogP contribution in [0.25, 0.3) is 0 Å². The maximum absolute atomic E-state index is 12.5. The van der Waals surface area contributed by atoms with E-state index in [1.54, 1.807) is 12.1 Å². The van der Waals surface area contributed by atoms with Gasteiger partial charge in [-0.25, -0.2) is 8.42 Å². The van der Waals surface area contributed by atoms with E-state index in [9.17, 15) is 8.42 Å². The smallest absolute Gasteiger partial charge is 0.181 e. The van der Waals surface area contributed by atoms with Gasteiger partial charge in [-0.05, 0) is 56.0 Å². The minimum Gasteiger partial charge on any atom is -0.317 e. The molecule has 1 saturated heterocycles. The van der Waals surface area contributed by atoms with Crippen molar-refractivity contribution in [1.82, 2.24) is 5.32 Å². The van der Waals surface area contributed by atoms with Crippen molar-refractivity contribution in [3.05, 3.63) is 29.8 Å². The summed E-state index contributed by atoms with van der Waals surface area (Å²) >= 11 is 0. The normalized spacial score (nSPS) is 19.3. The molecule has 1 fully saturated rings. The van der Waals surface area contributed by atoms with E-state index < -0.39 is 9.84 Å². The zero-order chi connectivity index (χ0) is 13.9. The van der Waals surface area contributed by atoms with Crippen molar-refractivity contribution in [2.45, 2.75) is 49.2 Å². The molecule has 1 aliphatic heterocycles. The number of sulfone groups is 1. The molecule has 19 heavy (non-hydrogen) atoms. The molecule has 0 amide bonds. The van der Waals surface area contributed by atoms with Gasteiger partial charge in [0.25, 0.3) is 0 Å². The molecule has 1 atom stereocenters. The van der Waals surface area contributed by atoms with Crippen LogP contribution in [0.3, 0.4) is 0 Å². The molecule has 0 bridgehead atoms. The van der Waals surface area contributed by atoms with Crippen LogP contribution in [-0.2, 0) is 9.84 Å². The summed E-state index contributed by atoms with van der Waals surface area (Å²) in [6, 6.07) is 7.47. The fraction of sp³-hybridized carbons (Fsp3) is 0.600. The standard InChI is InChI=1S/C15H23NO2S/c1-3-12(2)13-4-6-14(7-5-13)19(17,18)15-8-10-16-11-9-15/h4-7,12,15-16H,3,8-11H2,1-2H3. The Balaban J connectivity index is 2.21. The molecule has 4 heteroatoms. The number of benzene rings is 1. The Labute approximate surface area is 116 Å². The molecule has 0 spiro atoms. The first-order valence-electron chi connectivity index (χ1n) is 7.10. The molecular weight excluding hydrogens is 258 g/mol. The van der Waals surface area contributed by atoms with Crippen LogP contribution in [0.2, 0.25) is 0 Å². The third kappa shape index (κ3) is 3.18. The second kappa shape index (κ2) is 6.06. The van der Waals surface area contributed by atoms with Crippen LogP contribution in [0.1, 0.15) is 44.6 Å². The van der Waals surface area contributed by atoms with Gasteiger partial charge in [-0.2, -0.15) is 0 Å². The van der Waals surface area contributed by atoms with Crippen molar-refractivity contribution in [2.75, 3.05) is 13.1 Å². The first-order chi connectivity index (χ1) is 9.05. The zero-order valence-corrected chi connectivity index (χ0v) is 12.5. The summed E-state index contributed by atoms with van der Waals surface area (Å²) in [5.41, 5.74) is 1.21. The highest BCUT2D eigenvalue weighted by Crippen LogP contribution is 2.25. The van der Waals surface area contributed by atoms with E-state index in [1.165, 1.54) is 5.56 Å². The third-order valence-corrected chi connectivity index (χ3v) is 6.39. The SMILES string of the molecule is CCC(C)c1ccc(S(=O)(=O)C2CCNCC2)cc1. The van der Waals surface area contributed by atoms with Crippen molar-refractivity contribution < 1.29 is 8.42 Å². The van der Waals surface area contributed by atoms with E-state index in [-0.39, 0.29) is 5.25 Å². The molecule has 3 nitrogen and oxygen atoms in total. The summed E-state index contributed by atoms with van der Waals surface area (Å²) in [6.07, 6.45) is 2.51. The van der Waals surface area contributed by atoms with Crippen LogP contribution in [0.4, 0.5) is 0 Å². The topological polar surface area (TPSA) is 46.2 Å². The van der Waals surface area contributed by atoms with E-state index in [4.69, 9.17) is 0 Å². The molecule has 1 aromatic carbocycles. The Morgan fingerprint density at radius 3 is 2.32 bits per heavy atom. The fourth-order valence-corrected chi connectivity index (χ4v) is 4.28. The van der Waals surface area contributed by atoms with Crippen molar-refractivity contribution >= 4 is 9.84 Å². The monoisotopic (exact) mass is 281 g/mol. The molecule has 1 unspecified atom stereocenters. The second-order valence-corrected chi connectivity index (χ2v) is 7.60. The Hall–Kier alpha value is -0.870. The van der Waals surface area contributed by atoms with Crippen molar-refractivity contribution in [1.29, 1.82) is 0 Å². The minimum atomic E-state index is -3.15. The zero-order valence-electron chi connectivity index (χ0n) is 11.7. The maximum Gasteiger partial charge on any atom is 0.181 e. The maximum atomic E-state index is 12.5. The Morgan fingerprint density at radius 1 is 1.21 bits per heavy atom. The number of nitrogens with one attached hydrogen (secondary N) is 1. The highest BCUT2D eigenvalue weighted by Gasteiger charge is 2.28. The Kier molecular flexibility index (Phi) is 4.63. The summed E-state index contributed by atoms with van der Waals surface area (Å²) in [7, 11) is -3.15. The summed E-state index contributed by atoms with van der Waals surface area (Å²) < 4.78 is 25.0. The molecule has 1 aromatic rings. The van der Waals surface area contributed by atoms with Gasteiger partial charge < -0.3 is 5.32 Å². The number of hydrogen-bond acceptors (Lipinski definition) is 3. The van der Waals surface area contributed by atoms with Gasteiger partial charge >= 0.3 is 0 Å². The van der Waals surface area contributed by atoms with Gasteiger partial charge in [0.2, 0.25) is 0 Å². The summed E-state index contributed by atoms with van der Waals surface area (Å²) in [6.45, 7) is 5.91. The number of hydrogen-bond donors (Lipinski definition) is 1. The lowest BCUT2D eigenvalue weighted by molar-refractivity contribution is 0.496. The van der Waals surface area contributed by atoms with Crippen LogP contribution in [0.5, 0.6) is 0 Å². The Morgan fingerprint density at radius 2 is 1.79 bits per heavy atom. The van der Waals surface area contributed by atoms with E-state index in [0.717, 1.165) is 32.4 Å². The van der Waals surface area contributed by atoms with Crippen molar-refractivity contribution in [3.63, 3.8) is 0 Å². The van der Waals surface area contributed by atoms with Gasteiger partial charge in [-0.3, -0.25) is 0 Å². The van der Waals surface area contributed by atoms with Crippen molar-refractivity contribution in [2.24, 2.45) is 0 Å². The molecule has 1 heterocycles. The van der Waals surface area contributed by atoms with E-state index in [0.29, 0.717) is 10.8 Å². The van der Waals surface area contributed by atoms with E-state index >= 15 is 0 Å². The predicted molar refractivity (Wildman–Crippen MR) is 78.2 cm³/mol. The summed E-state index contributed by atoms with van der Waals surface area (Å²) in [5, 5.41) is 2.99. The van der Waals surface area contributed by atoms with Crippen LogP contribution in [0, 0.1) is 0 Å². The average molecular weight is 281 g/mol. The van der Waals surface area contributed by atoms with Crippen molar-refractivity contribution in [3.8, 4) is 0 Å². The lowest BCUT2D eigenvalue weighted by atomic mass is 9.99. The molecule has 2 rings (SSSR count). The largest absolute Gasteiger partial charge is 0.317 e. The van der Waals surface area contributed by atoms with Gasteiger partial charge in [-0.1, -0.05) is 26.0 Å². The minimum absolute atomic E-state index is 0.219. The lowest BCUT2D eigenvalue weighted by Gasteiger charge is -2.23. The number of rotatable bonds is 4. The molecule has 0 aliphatic carbocycles. The first-order valence-corrected chi connectivity index (χ1v) is 8.65. The molecule has 106 valence electrons. The Bertz CT molecular complexity index is 501. The number of piperidine rings is 1. The molecule has 1 N–H and O–H groups in total. The molecule has 0 aromatic heterocycles. The summed E-state index contributed by atoms with van der Waals surface area (Å²) in [5.74, 6) is 0.482. The first kappa shape index (κ1) is 14.5. The van der Waals surface area contributed by atoms with Crippen LogP contribution >= 0.6 is 0 Å². The average Bonchev–Trinajstić information content (AvgIpc) is 2.47. The highest BCUT2D eigenvalue weighted by molar-refractivity contribution is 7.92. The van der Waals surface area contributed by atoms with Gasteiger partial charge in [0, 0.05) is 0 Å². The predicted octanol–water partition coefficient (Wildman–Crippen LogP) is 2.73. The molecule has 1 aliphatic rings. The molecular formula is C15H23NO2S. The van der Waals surface area contributed by atoms with E-state index in [2.05, 4.69) is 19.2 Å². The van der Waals surface area contributed by atoms with Gasteiger partial charge in [0.05, 0.1) is 10.1 Å². The highest BCUT2D eigenvalue weighted by atomic mass is 32.2. The molecule has 0 radical (unpaired) electrons. The summed E-state index contributed by atoms with van der Waals surface area (Å²) in [4.78, 5) is 0.478. The van der Waals surface area contributed by atoms with Gasteiger partial charge in [-0.15, -0.1) is 0 Å².